The highest BCUT2D eigenvalue weighted by Gasteiger charge is 2.29. The van der Waals surface area contributed by atoms with E-state index in [1.165, 1.54) is 35.7 Å². The Balaban J connectivity index is 1.85. The van der Waals surface area contributed by atoms with Gasteiger partial charge in [-0.2, -0.15) is 4.31 Å². The second kappa shape index (κ2) is 9.35. The van der Waals surface area contributed by atoms with E-state index in [-0.39, 0.29) is 40.7 Å². The first-order valence-electron chi connectivity index (χ1n) is 9.46. The van der Waals surface area contributed by atoms with Crippen molar-refractivity contribution in [1.82, 2.24) is 4.31 Å². The number of anilines is 1. The van der Waals surface area contributed by atoms with E-state index >= 15 is 0 Å². The normalized spacial score (nSPS) is 15.4. The monoisotopic (exact) mass is 468 g/mol. The Morgan fingerprint density at radius 1 is 1.06 bits per heavy atom. The number of carbonyl (C=O) groups excluding carboxylic acids is 1. The minimum Gasteiger partial charge on any atom is -0.495 e. The van der Waals surface area contributed by atoms with Gasteiger partial charge in [-0.15, -0.1) is 0 Å². The molecular weight excluding hydrogens is 444 g/mol. The molecule has 3 rings (SSSR count). The third-order valence-electron chi connectivity index (χ3n) is 4.74. The molecule has 0 spiro atoms. The Morgan fingerprint density at radius 3 is 2.39 bits per heavy atom. The Kier molecular flexibility index (Phi) is 6.99. The van der Waals surface area contributed by atoms with Crippen molar-refractivity contribution in [1.29, 1.82) is 0 Å². The van der Waals surface area contributed by atoms with Gasteiger partial charge in [-0.3, -0.25) is 4.79 Å². The van der Waals surface area contributed by atoms with E-state index in [0.717, 1.165) is 6.26 Å². The molecule has 1 fully saturated rings. The number of rotatable bonds is 7. The molecule has 168 valence electrons. The molecule has 31 heavy (non-hydrogen) atoms. The van der Waals surface area contributed by atoms with Crippen LogP contribution in [0.25, 0.3) is 0 Å². The highest BCUT2D eigenvalue weighted by atomic mass is 32.2. The van der Waals surface area contributed by atoms with Gasteiger partial charge in [0.25, 0.3) is 0 Å². The fourth-order valence-corrected chi connectivity index (χ4v) is 5.69. The SMILES string of the molecule is COc1ccc(CC(=O)Nc2ccccc2S(C)(=O)=O)cc1S(=O)(=O)N1CCOCC1. The van der Waals surface area contributed by atoms with Crippen LogP contribution in [-0.2, 0) is 35.8 Å². The van der Waals surface area contributed by atoms with E-state index in [0.29, 0.717) is 18.8 Å². The Morgan fingerprint density at radius 2 is 1.74 bits per heavy atom. The summed E-state index contributed by atoms with van der Waals surface area (Å²) in [6, 6.07) is 10.6. The molecule has 1 saturated heterocycles. The van der Waals surface area contributed by atoms with E-state index in [4.69, 9.17) is 9.47 Å². The summed E-state index contributed by atoms with van der Waals surface area (Å²) < 4.78 is 61.8. The molecule has 0 unspecified atom stereocenters. The topological polar surface area (TPSA) is 119 Å². The number of para-hydroxylation sites is 1. The van der Waals surface area contributed by atoms with Gasteiger partial charge in [0.15, 0.2) is 9.84 Å². The van der Waals surface area contributed by atoms with Crippen LogP contribution in [0.4, 0.5) is 5.69 Å². The van der Waals surface area contributed by atoms with Crippen molar-refractivity contribution in [2.45, 2.75) is 16.2 Å². The summed E-state index contributed by atoms with van der Waals surface area (Å²) in [5.41, 5.74) is 0.617. The molecule has 2 aromatic carbocycles. The van der Waals surface area contributed by atoms with Gasteiger partial charge >= 0.3 is 0 Å². The second-order valence-corrected chi connectivity index (χ2v) is 10.9. The summed E-state index contributed by atoms with van der Waals surface area (Å²) in [6.45, 7) is 1.09. The van der Waals surface area contributed by atoms with Crippen molar-refractivity contribution in [3.63, 3.8) is 0 Å². The number of amides is 1. The van der Waals surface area contributed by atoms with Crippen LogP contribution >= 0.6 is 0 Å². The standard InChI is InChI=1S/C20H24N2O7S2/c1-28-17-8-7-15(13-19(17)31(26,27)22-9-11-29-12-10-22)14-20(23)21-16-5-3-4-6-18(16)30(2,24)25/h3-8,13H,9-12,14H2,1-2H3,(H,21,23). The first kappa shape index (κ1) is 23.2. The van der Waals surface area contributed by atoms with Crippen LogP contribution in [0, 0.1) is 0 Å². The fourth-order valence-electron chi connectivity index (χ4n) is 3.23. The van der Waals surface area contributed by atoms with Gasteiger partial charge in [0, 0.05) is 19.3 Å². The van der Waals surface area contributed by atoms with Gasteiger partial charge in [0.2, 0.25) is 15.9 Å². The van der Waals surface area contributed by atoms with Gasteiger partial charge in [-0.25, -0.2) is 16.8 Å². The van der Waals surface area contributed by atoms with Crippen LogP contribution in [0.5, 0.6) is 5.75 Å². The van der Waals surface area contributed by atoms with Crippen LogP contribution in [0.1, 0.15) is 5.56 Å². The summed E-state index contributed by atoms with van der Waals surface area (Å²) in [5.74, 6) is -0.297. The number of hydrogen-bond donors (Lipinski definition) is 1. The first-order valence-corrected chi connectivity index (χ1v) is 12.8. The van der Waals surface area contributed by atoms with E-state index in [2.05, 4.69) is 5.32 Å². The Bertz CT molecular complexity index is 1170. The highest BCUT2D eigenvalue weighted by molar-refractivity contribution is 7.91. The zero-order valence-electron chi connectivity index (χ0n) is 17.2. The zero-order chi connectivity index (χ0) is 22.6. The summed E-state index contributed by atoms with van der Waals surface area (Å²) in [7, 11) is -5.98. The molecule has 9 nitrogen and oxygen atoms in total. The van der Waals surface area contributed by atoms with Crippen LogP contribution in [-0.4, -0.2) is 66.7 Å². The molecule has 1 aliphatic rings. The molecule has 0 aliphatic carbocycles. The van der Waals surface area contributed by atoms with Crippen LogP contribution in [0.3, 0.4) is 0 Å². The van der Waals surface area contributed by atoms with Crippen molar-refractivity contribution >= 4 is 31.5 Å². The van der Waals surface area contributed by atoms with Crippen molar-refractivity contribution in [2.75, 3.05) is 45.0 Å². The Labute approximate surface area is 181 Å². The largest absolute Gasteiger partial charge is 0.495 e. The van der Waals surface area contributed by atoms with Gasteiger partial charge in [-0.05, 0) is 29.8 Å². The lowest BCUT2D eigenvalue weighted by molar-refractivity contribution is -0.115. The maximum Gasteiger partial charge on any atom is 0.246 e. The second-order valence-electron chi connectivity index (χ2n) is 6.99. The third kappa shape index (κ3) is 5.42. The average molecular weight is 469 g/mol. The fraction of sp³-hybridized carbons (Fsp3) is 0.350. The summed E-state index contributed by atoms with van der Waals surface area (Å²) in [4.78, 5) is 12.5. The van der Waals surface area contributed by atoms with Crippen molar-refractivity contribution < 1.29 is 31.1 Å². The molecule has 0 radical (unpaired) electrons. The van der Waals surface area contributed by atoms with Gasteiger partial charge < -0.3 is 14.8 Å². The number of methoxy groups -OCH3 is 1. The zero-order valence-corrected chi connectivity index (χ0v) is 18.8. The number of ether oxygens (including phenoxy) is 2. The summed E-state index contributed by atoms with van der Waals surface area (Å²) in [5, 5.41) is 2.59. The molecule has 0 saturated carbocycles. The molecule has 0 aromatic heterocycles. The van der Waals surface area contributed by atoms with E-state index in [1.807, 2.05) is 0 Å². The molecule has 1 aliphatic heterocycles. The van der Waals surface area contributed by atoms with E-state index in [1.54, 1.807) is 18.2 Å². The molecule has 1 heterocycles. The molecule has 0 bridgehead atoms. The molecular formula is C20H24N2O7S2. The molecule has 1 N–H and O–H groups in total. The van der Waals surface area contributed by atoms with Gasteiger partial charge in [-0.1, -0.05) is 18.2 Å². The van der Waals surface area contributed by atoms with Crippen LogP contribution in [0.15, 0.2) is 52.3 Å². The quantitative estimate of drug-likeness (QED) is 0.650. The molecule has 11 heteroatoms. The minimum absolute atomic E-state index is 0.00802. The average Bonchev–Trinajstić information content (AvgIpc) is 2.74. The number of carbonyl (C=O) groups is 1. The third-order valence-corrected chi connectivity index (χ3v) is 7.82. The number of morpholine rings is 1. The van der Waals surface area contributed by atoms with E-state index in [9.17, 15) is 21.6 Å². The number of nitrogens with zero attached hydrogens (tertiary/aromatic N) is 1. The van der Waals surface area contributed by atoms with E-state index < -0.39 is 25.8 Å². The highest BCUT2D eigenvalue weighted by Crippen LogP contribution is 2.29. The van der Waals surface area contributed by atoms with Crippen molar-refractivity contribution in [3.05, 3.63) is 48.0 Å². The predicted octanol–water partition coefficient (Wildman–Crippen LogP) is 1.30. The number of hydrogen-bond acceptors (Lipinski definition) is 7. The maximum absolute atomic E-state index is 13.1. The van der Waals surface area contributed by atoms with Crippen molar-refractivity contribution in [2.24, 2.45) is 0 Å². The predicted molar refractivity (Wildman–Crippen MR) is 114 cm³/mol. The lowest BCUT2D eigenvalue weighted by atomic mass is 10.1. The summed E-state index contributed by atoms with van der Waals surface area (Å²) >= 11 is 0. The smallest absolute Gasteiger partial charge is 0.246 e. The van der Waals surface area contributed by atoms with Gasteiger partial charge in [0.1, 0.15) is 10.6 Å². The van der Waals surface area contributed by atoms with Crippen LogP contribution in [0.2, 0.25) is 0 Å². The van der Waals surface area contributed by atoms with Crippen molar-refractivity contribution in [3.8, 4) is 5.75 Å². The van der Waals surface area contributed by atoms with Crippen LogP contribution < -0.4 is 10.1 Å². The first-order chi connectivity index (χ1) is 14.6. The number of sulfonamides is 1. The minimum atomic E-state index is -3.83. The summed E-state index contributed by atoms with van der Waals surface area (Å²) in [6.07, 6.45) is 0.915. The Hall–Kier alpha value is -2.47. The lowest BCUT2D eigenvalue weighted by Crippen LogP contribution is -2.40. The maximum atomic E-state index is 13.1. The molecule has 0 atom stereocenters. The number of nitrogens with one attached hydrogen (secondary N) is 1. The number of sulfone groups is 1. The molecule has 2 aromatic rings. The molecule has 1 amide bonds. The van der Waals surface area contributed by atoms with Gasteiger partial charge in [0.05, 0.1) is 37.3 Å². The lowest BCUT2D eigenvalue weighted by Gasteiger charge is -2.26. The number of benzene rings is 2.